The first-order valence-corrected chi connectivity index (χ1v) is 9.44. The first-order chi connectivity index (χ1) is 14.4. The Bertz CT molecular complexity index is 1210. The molecule has 0 unspecified atom stereocenters. The van der Waals surface area contributed by atoms with E-state index in [4.69, 9.17) is 10.7 Å². The lowest BCUT2D eigenvalue weighted by molar-refractivity contribution is -0.115. The van der Waals surface area contributed by atoms with E-state index in [1.807, 2.05) is 60.7 Å². The van der Waals surface area contributed by atoms with Gasteiger partial charge in [-0.05, 0) is 60.7 Å². The van der Waals surface area contributed by atoms with E-state index in [2.05, 4.69) is 16.0 Å². The van der Waals surface area contributed by atoms with E-state index < -0.39 is 0 Å². The lowest BCUT2D eigenvalue weighted by atomic mass is 10.1. The summed E-state index contributed by atoms with van der Waals surface area (Å²) in [5.41, 5.74) is 11.0. The molecule has 4 aromatic rings. The molecule has 0 aliphatic rings. The van der Waals surface area contributed by atoms with Gasteiger partial charge in [0, 0.05) is 47.4 Å². The second kappa shape index (κ2) is 7.71. The fourth-order valence-electron chi connectivity index (χ4n) is 3.35. The molecule has 7 nitrogen and oxygen atoms in total. The van der Waals surface area contributed by atoms with Crippen LogP contribution in [0.25, 0.3) is 21.8 Å². The van der Waals surface area contributed by atoms with E-state index in [0.717, 1.165) is 22.1 Å². The Labute approximate surface area is 173 Å². The fraction of sp³-hybridized carbons (Fsp3) is 0.0870. The predicted molar refractivity (Wildman–Crippen MR) is 122 cm³/mol. The van der Waals surface area contributed by atoms with Gasteiger partial charge in [0.2, 0.25) is 11.8 Å². The number of amides is 2. The van der Waals surface area contributed by atoms with Gasteiger partial charge in [0.1, 0.15) is 0 Å². The van der Waals surface area contributed by atoms with E-state index in [9.17, 15) is 9.59 Å². The number of pyridine rings is 1. The number of carbonyl (C=O) groups is 2. The highest BCUT2D eigenvalue weighted by atomic mass is 16.2. The summed E-state index contributed by atoms with van der Waals surface area (Å²) in [6.45, 7) is 2.93. The van der Waals surface area contributed by atoms with Gasteiger partial charge in [-0.25, -0.2) is 4.98 Å². The number of nitrogens with two attached hydrogens (primary N) is 1. The Balaban J connectivity index is 1.91. The topological polar surface area (TPSA) is 109 Å². The number of hydrogen-bond acceptors (Lipinski definition) is 5. The quantitative estimate of drug-likeness (QED) is 0.295. The summed E-state index contributed by atoms with van der Waals surface area (Å²) in [5, 5.41) is 10.8. The summed E-state index contributed by atoms with van der Waals surface area (Å²) >= 11 is 0. The van der Waals surface area contributed by atoms with E-state index in [1.165, 1.54) is 13.8 Å². The molecule has 30 heavy (non-hydrogen) atoms. The highest BCUT2D eigenvalue weighted by Crippen LogP contribution is 2.35. The van der Waals surface area contributed by atoms with Crippen LogP contribution in [0, 0.1) is 0 Å². The molecule has 0 spiro atoms. The van der Waals surface area contributed by atoms with Crippen molar-refractivity contribution >= 4 is 62.1 Å². The zero-order chi connectivity index (χ0) is 21.3. The van der Waals surface area contributed by atoms with Crippen LogP contribution in [0.15, 0.2) is 60.7 Å². The van der Waals surface area contributed by atoms with Crippen molar-refractivity contribution in [3.8, 4) is 0 Å². The Hall–Kier alpha value is -4.13. The number of fused-ring (bicyclic) bond motifs is 2. The third-order valence-electron chi connectivity index (χ3n) is 4.60. The van der Waals surface area contributed by atoms with Gasteiger partial charge in [0.15, 0.2) is 0 Å². The van der Waals surface area contributed by atoms with Crippen LogP contribution in [-0.4, -0.2) is 16.8 Å². The number of aromatic nitrogens is 1. The molecule has 0 aliphatic heterocycles. The first-order valence-electron chi connectivity index (χ1n) is 9.44. The van der Waals surface area contributed by atoms with Gasteiger partial charge < -0.3 is 21.7 Å². The van der Waals surface area contributed by atoms with Crippen molar-refractivity contribution in [3.05, 3.63) is 60.7 Å². The maximum Gasteiger partial charge on any atom is 0.221 e. The van der Waals surface area contributed by atoms with Crippen LogP contribution in [0.5, 0.6) is 0 Å². The molecule has 4 rings (SSSR count). The van der Waals surface area contributed by atoms with Gasteiger partial charge in [0.25, 0.3) is 0 Å². The molecule has 0 bridgehead atoms. The van der Waals surface area contributed by atoms with Crippen LogP contribution >= 0.6 is 0 Å². The number of nitrogens with zero attached hydrogens (tertiary/aromatic N) is 1. The summed E-state index contributed by atoms with van der Waals surface area (Å²) in [7, 11) is 0. The van der Waals surface area contributed by atoms with Crippen molar-refractivity contribution in [1.82, 2.24) is 4.98 Å². The molecule has 1 heterocycles. The molecular weight excluding hydrogens is 378 g/mol. The lowest BCUT2D eigenvalue weighted by Crippen LogP contribution is -2.06. The minimum Gasteiger partial charge on any atom is -0.399 e. The molecule has 0 saturated heterocycles. The normalized spacial score (nSPS) is 10.7. The molecule has 0 radical (unpaired) electrons. The van der Waals surface area contributed by atoms with Crippen LogP contribution in [-0.2, 0) is 9.59 Å². The average molecular weight is 399 g/mol. The molecule has 0 saturated carbocycles. The van der Waals surface area contributed by atoms with E-state index in [-0.39, 0.29) is 11.8 Å². The smallest absolute Gasteiger partial charge is 0.221 e. The van der Waals surface area contributed by atoms with E-state index >= 15 is 0 Å². The first kappa shape index (κ1) is 19.2. The lowest BCUT2D eigenvalue weighted by Gasteiger charge is -2.15. The Morgan fingerprint density at radius 2 is 1.20 bits per heavy atom. The maximum absolute atomic E-state index is 11.5. The molecule has 0 aliphatic carbocycles. The molecule has 0 atom stereocenters. The van der Waals surface area contributed by atoms with Gasteiger partial charge in [-0.2, -0.15) is 0 Å². The summed E-state index contributed by atoms with van der Waals surface area (Å²) in [6.07, 6.45) is 0. The van der Waals surface area contributed by atoms with Crippen LogP contribution in [0.1, 0.15) is 13.8 Å². The van der Waals surface area contributed by atoms with Crippen molar-refractivity contribution in [2.75, 3.05) is 21.7 Å². The SMILES string of the molecule is CC(=O)Nc1ccc2c(Nc3ccc(N)cc3)c3ccc(NC(C)=O)cc3nc2c1. The molecule has 1 aromatic heterocycles. The number of hydrogen-bond donors (Lipinski definition) is 4. The van der Waals surface area contributed by atoms with E-state index in [0.29, 0.717) is 28.1 Å². The van der Waals surface area contributed by atoms with Crippen molar-refractivity contribution in [2.45, 2.75) is 13.8 Å². The number of benzene rings is 3. The predicted octanol–water partition coefficient (Wildman–Crippen LogP) is 4.63. The zero-order valence-electron chi connectivity index (χ0n) is 16.6. The van der Waals surface area contributed by atoms with Crippen molar-refractivity contribution in [1.29, 1.82) is 0 Å². The summed E-state index contributed by atoms with van der Waals surface area (Å²) in [5.74, 6) is -0.299. The molecule has 0 fully saturated rings. The molecule has 2 amide bonds. The van der Waals surface area contributed by atoms with Crippen LogP contribution in [0.2, 0.25) is 0 Å². The number of nitrogen functional groups attached to an aromatic ring is 1. The highest BCUT2D eigenvalue weighted by Gasteiger charge is 2.12. The Morgan fingerprint density at radius 3 is 1.67 bits per heavy atom. The van der Waals surface area contributed by atoms with Crippen LogP contribution in [0.3, 0.4) is 0 Å². The van der Waals surface area contributed by atoms with Crippen LogP contribution < -0.4 is 21.7 Å². The zero-order valence-corrected chi connectivity index (χ0v) is 16.6. The number of rotatable bonds is 4. The summed E-state index contributed by atoms with van der Waals surface area (Å²) in [6, 6.07) is 18.7. The largest absolute Gasteiger partial charge is 0.399 e. The molecule has 7 heteroatoms. The Kier molecular flexibility index (Phi) is 4.93. The van der Waals surface area contributed by atoms with Gasteiger partial charge in [-0.3, -0.25) is 9.59 Å². The minimum absolute atomic E-state index is 0.150. The average Bonchev–Trinajstić information content (AvgIpc) is 2.68. The number of carbonyl (C=O) groups excluding carboxylic acids is 2. The molecular formula is C23H21N5O2. The standard InChI is InChI=1S/C23H21N5O2/c1-13(29)25-17-7-9-19-21(11-17)28-22-12-18(26-14(2)30)8-10-20(22)23(19)27-16-5-3-15(24)4-6-16/h3-12H,24H2,1-2H3,(H,25,29)(H,26,30)(H,27,28). The molecule has 5 N–H and O–H groups in total. The second-order valence-electron chi connectivity index (χ2n) is 7.06. The molecule has 3 aromatic carbocycles. The maximum atomic E-state index is 11.5. The summed E-state index contributed by atoms with van der Waals surface area (Å²) in [4.78, 5) is 27.7. The van der Waals surface area contributed by atoms with Crippen LogP contribution in [0.4, 0.5) is 28.4 Å². The van der Waals surface area contributed by atoms with Gasteiger partial charge in [0.05, 0.1) is 16.7 Å². The fourth-order valence-corrected chi connectivity index (χ4v) is 3.35. The Morgan fingerprint density at radius 1 is 0.733 bits per heavy atom. The van der Waals surface area contributed by atoms with Crippen molar-refractivity contribution in [3.63, 3.8) is 0 Å². The third kappa shape index (κ3) is 4.00. The van der Waals surface area contributed by atoms with Gasteiger partial charge in [-0.1, -0.05) is 0 Å². The third-order valence-corrected chi connectivity index (χ3v) is 4.60. The van der Waals surface area contributed by atoms with Gasteiger partial charge in [-0.15, -0.1) is 0 Å². The van der Waals surface area contributed by atoms with Crippen molar-refractivity contribution < 1.29 is 9.59 Å². The monoisotopic (exact) mass is 399 g/mol. The van der Waals surface area contributed by atoms with Crippen molar-refractivity contribution in [2.24, 2.45) is 0 Å². The summed E-state index contributed by atoms with van der Waals surface area (Å²) < 4.78 is 0. The number of nitrogens with one attached hydrogen (secondary N) is 3. The molecule has 150 valence electrons. The second-order valence-corrected chi connectivity index (χ2v) is 7.06. The number of anilines is 5. The van der Waals surface area contributed by atoms with Gasteiger partial charge >= 0.3 is 0 Å². The minimum atomic E-state index is -0.150. The van der Waals surface area contributed by atoms with E-state index in [1.54, 1.807) is 0 Å². The highest BCUT2D eigenvalue weighted by molar-refractivity contribution is 6.10.